The molecule has 0 radical (unpaired) electrons. The summed E-state index contributed by atoms with van der Waals surface area (Å²) >= 11 is 0. The minimum Gasteiger partial charge on any atom is -0.368 e. The van der Waals surface area contributed by atoms with Crippen LogP contribution in [0.25, 0.3) is 0 Å². The van der Waals surface area contributed by atoms with Crippen LogP contribution < -0.4 is 5.73 Å². The van der Waals surface area contributed by atoms with Crippen LogP contribution in [-0.4, -0.2) is 23.3 Å². The third-order valence-electron chi connectivity index (χ3n) is 4.09. The van der Waals surface area contributed by atoms with Crippen LogP contribution in [0.4, 0.5) is 0 Å². The molecule has 2 N–H and O–H groups in total. The fourth-order valence-electron chi connectivity index (χ4n) is 2.50. The Kier molecular flexibility index (Phi) is 5.16. The lowest BCUT2D eigenvalue weighted by atomic mass is 10.0. The van der Waals surface area contributed by atoms with Crippen molar-refractivity contribution >= 4 is 11.8 Å². The molecular formula is C19H22N2O2. The molecule has 4 heteroatoms. The van der Waals surface area contributed by atoms with Crippen LogP contribution >= 0.6 is 0 Å². The summed E-state index contributed by atoms with van der Waals surface area (Å²) in [6.45, 7) is 5.75. The van der Waals surface area contributed by atoms with Crippen molar-refractivity contribution in [3.05, 3.63) is 70.8 Å². The van der Waals surface area contributed by atoms with Gasteiger partial charge in [-0.3, -0.25) is 9.59 Å². The van der Waals surface area contributed by atoms with Gasteiger partial charge in [0.05, 0.1) is 6.04 Å². The van der Waals surface area contributed by atoms with E-state index < -0.39 is 5.91 Å². The maximum atomic E-state index is 12.9. The second-order valence-electron chi connectivity index (χ2n) is 5.79. The van der Waals surface area contributed by atoms with Gasteiger partial charge in [-0.15, -0.1) is 0 Å². The molecule has 0 aliphatic rings. The average molecular weight is 310 g/mol. The highest BCUT2D eigenvalue weighted by molar-refractivity contribution is 5.96. The molecule has 4 nitrogen and oxygen atoms in total. The van der Waals surface area contributed by atoms with E-state index in [-0.39, 0.29) is 18.5 Å². The molecule has 0 saturated carbocycles. The number of rotatable bonds is 5. The number of aryl methyl sites for hydroxylation is 2. The van der Waals surface area contributed by atoms with Gasteiger partial charge in [0.1, 0.15) is 6.54 Å². The molecule has 2 rings (SSSR count). The fourth-order valence-corrected chi connectivity index (χ4v) is 2.50. The molecule has 0 bridgehead atoms. The molecule has 1 atom stereocenters. The molecule has 23 heavy (non-hydrogen) atoms. The first-order valence-electron chi connectivity index (χ1n) is 7.61. The zero-order valence-electron chi connectivity index (χ0n) is 13.7. The Bertz CT molecular complexity index is 711. The van der Waals surface area contributed by atoms with Crippen molar-refractivity contribution in [1.82, 2.24) is 4.90 Å². The van der Waals surface area contributed by atoms with Crippen molar-refractivity contribution < 1.29 is 9.59 Å². The minimum atomic E-state index is -0.523. The molecule has 0 unspecified atom stereocenters. The van der Waals surface area contributed by atoms with Crippen LogP contribution in [0.15, 0.2) is 48.5 Å². The van der Waals surface area contributed by atoms with Gasteiger partial charge in [0.25, 0.3) is 5.91 Å². The molecule has 0 heterocycles. The van der Waals surface area contributed by atoms with E-state index in [1.165, 1.54) is 4.90 Å². The van der Waals surface area contributed by atoms with Gasteiger partial charge in [0.15, 0.2) is 0 Å². The highest BCUT2D eigenvalue weighted by Gasteiger charge is 2.24. The number of carbonyl (C=O) groups excluding carboxylic acids is 2. The van der Waals surface area contributed by atoms with Gasteiger partial charge in [0, 0.05) is 5.56 Å². The number of amides is 2. The molecule has 0 aliphatic carbocycles. The van der Waals surface area contributed by atoms with Gasteiger partial charge in [-0.1, -0.05) is 36.4 Å². The maximum Gasteiger partial charge on any atom is 0.254 e. The third-order valence-corrected chi connectivity index (χ3v) is 4.09. The Balaban J connectivity index is 2.35. The third kappa shape index (κ3) is 3.97. The predicted octanol–water partition coefficient (Wildman–Crippen LogP) is 2.99. The van der Waals surface area contributed by atoms with E-state index >= 15 is 0 Å². The molecule has 0 spiro atoms. The first-order valence-corrected chi connectivity index (χ1v) is 7.61. The number of nitrogens with two attached hydrogens (primary N) is 1. The summed E-state index contributed by atoms with van der Waals surface area (Å²) < 4.78 is 0. The molecule has 0 fully saturated rings. The number of hydrogen-bond acceptors (Lipinski definition) is 2. The predicted molar refractivity (Wildman–Crippen MR) is 91.0 cm³/mol. The molecular weight excluding hydrogens is 288 g/mol. The van der Waals surface area contributed by atoms with Crippen LogP contribution in [0, 0.1) is 13.8 Å². The van der Waals surface area contributed by atoms with Crippen LogP contribution in [0.2, 0.25) is 0 Å². The minimum absolute atomic E-state index is 0.109. The SMILES string of the molecule is Cc1ccc(C(=O)N(CC(N)=O)[C@H](C)c2ccccc2)cc1C. The fraction of sp³-hybridized carbons (Fsp3) is 0.263. The average Bonchev–Trinajstić information content (AvgIpc) is 2.54. The molecule has 2 aromatic rings. The topological polar surface area (TPSA) is 63.4 Å². The number of hydrogen-bond donors (Lipinski definition) is 1. The van der Waals surface area contributed by atoms with E-state index in [1.807, 2.05) is 63.2 Å². The second-order valence-corrected chi connectivity index (χ2v) is 5.79. The van der Waals surface area contributed by atoms with Gasteiger partial charge >= 0.3 is 0 Å². The molecule has 0 saturated heterocycles. The van der Waals surface area contributed by atoms with Crippen molar-refractivity contribution in [2.45, 2.75) is 26.8 Å². The van der Waals surface area contributed by atoms with Gasteiger partial charge < -0.3 is 10.6 Å². The first kappa shape index (κ1) is 16.7. The number of benzene rings is 2. The van der Waals surface area contributed by atoms with E-state index in [0.717, 1.165) is 16.7 Å². The van der Waals surface area contributed by atoms with Crippen molar-refractivity contribution in [1.29, 1.82) is 0 Å². The van der Waals surface area contributed by atoms with Crippen molar-refractivity contribution in [2.24, 2.45) is 5.73 Å². The van der Waals surface area contributed by atoms with E-state index in [0.29, 0.717) is 5.56 Å². The Morgan fingerprint density at radius 3 is 2.26 bits per heavy atom. The van der Waals surface area contributed by atoms with E-state index in [4.69, 9.17) is 5.73 Å². The highest BCUT2D eigenvalue weighted by Crippen LogP contribution is 2.22. The summed E-state index contributed by atoms with van der Waals surface area (Å²) in [6, 6.07) is 14.9. The lowest BCUT2D eigenvalue weighted by molar-refractivity contribution is -0.119. The summed E-state index contributed by atoms with van der Waals surface area (Å²) in [7, 11) is 0. The normalized spacial score (nSPS) is 11.8. The Hall–Kier alpha value is -2.62. The zero-order chi connectivity index (χ0) is 17.0. The summed E-state index contributed by atoms with van der Waals surface area (Å²) in [5, 5.41) is 0. The van der Waals surface area contributed by atoms with Gasteiger partial charge in [-0.05, 0) is 49.6 Å². The first-order chi connectivity index (χ1) is 10.9. The lowest BCUT2D eigenvalue weighted by Crippen LogP contribution is -2.40. The van der Waals surface area contributed by atoms with E-state index in [9.17, 15) is 9.59 Å². The molecule has 0 aliphatic heterocycles. The number of primary amides is 1. The summed E-state index contributed by atoms with van der Waals surface area (Å²) in [5.74, 6) is -0.715. The molecule has 2 aromatic carbocycles. The molecule has 120 valence electrons. The van der Waals surface area contributed by atoms with Gasteiger partial charge in [-0.25, -0.2) is 0 Å². The van der Waals surface area contributed by atoms with Crippen molar-refractivity contribution in [3.8, 4) is 0 Å². The zero-order valence-corrected chi connectivity index (χ0v) is 13.7. The molecule has 2 amide bonds. The Labute approximate surface area is 136 Å². The Morgan fingerprint density at radius 2 is 1.70 bits per heavy atom. The quantitative estimate of drug-likeness (QED) is 0.922. The van der Waals surface area contributed by atoms with Crippen LogP contribution in [-0.2, 0) is 4.79 Å². The van der Waals surface area contributed by atoms with E-state index in [2.05, 4.69) is 0 Å². The van der Waals surface area contributed by atoms with Crippen LogP contribution in [0.1, 0.15) is 40.0 Å². The monoisotopic (exact) mass is 310 g/mol. The second kappa shape index (κ2) is 7.09. The highest BCUT2D eigenvalue weighted by atomic mass is 16.2. The van der Waals surface area contributed by atoms with Gasteiger partial charge in [-0.2, -0.15) is 0 Å². The lowest BCUT2D eigenvalue weighted by Gasteiger charge is -2.29. The number of nitrogens with zero attached hydrogens (tertiary/aromatic N) is 1. The van der Waals surface area contributed by atoms with Crippen molar-refractivity contribution in [3.63, 3.8) is 0 Å². The van der Waals surface area contributed by atoms with Crippen LogP contribution in [0.3, 0.4) is 0 Å². The summed E-state index contributed by atoms with van der Waals surface area (Å²) in [5.41, 5.74) is 9.04. The standard InChI is InChI=1S/C19H22N2O2/c1-13-9-10-17(11-14(13)2)19(23)21(12-18(20)22)15(3)16-7-5-4-6-8-16/h4-11,15H,12H2,1-3H3,(H2,20,22)/t15-/m1/s1. The van der Waals surface area contributed by atoms with Crippen LogP contribution in [0.5, 0.6) is 0 Å². The van der Waals surface area contributed by atoms with Crippen molar-refractivity contribution in [2.75, 3.05) is 6.54 Å². The smallest absolute Gasteiger partial charge is 0.254 e. The number of carbonyl (C=O) groups is 2. The van der Waals surface area contributed by atoms with E-state index in [1.54, 1.807) is 6.07 Å². The largest absolute Gasteiger partial charge is 0.368 e. The maximum absolute atomic E-state index is 12.9. The summed E-state index contributed by atoms with van der Waals surface area (Å²) in [6.07, 6.45) is 0. The van der Waals surface area contributed by atoms with Gasteiger partial charge in [0.2, 0.25) is 5.91 Å². The summed E-state index contributed by atoms with van der Waals surface area (Å²) in [4.78, 5) is 25.8. The Morgan fingerprint density at radius 1 is 1.04 bits per heavy atom. The molecule has 0 aromatic heterocycles.